The minimum Gasteiger partial charge on any atom is -0.491 e. The summed E-state index contributed by atoms with van der Waals surface area (Å²) in [6.07, 6.45) is -0.601. The number of piperazine rings is 1. The summed E-state index contributed by atoms with van der Waals surface area (Å²) in [6, 6.07) is 12.2. The van der Waals surface area contributed by atoms with E-state index >= 15 is 0 Å². The number of para-hydroxylation sites is 1. The number of ether oxygens (including phenoxy) is 3. The maximum absolute atomic E-state index is 13.9. The van der Waals surface area contributed by atoms with E-state index in [0.717, 1.165) is 26.2 Å². The Morgan fingerprint density at radius 2 is 1.81 bits per heavy atom. The van der Waals surface area contributed by atoms with Crippen LogP contribution in [-0.4, -0.2) is 62.2 Å². The summed E-state index contributed by atoms with van der Waals surface area (Å²) >= 11 is 0. The van der Waals surface area contributed by atoms with Crippen LogP contribution in [-0.2, 0) is 0 Å². The summed E-state index contributed by atoms with van der Waals surface area (Å²) < 4.78 is 30.2. The van der Waals surface area contributed by atoms with Gasteiger partial charge in [0.15, 0.2) is 11.5 Å². The van der Waals surface area contributed by atoms with E-state index in [9.17, 15) is 9.50 Å². The van der Waals surface area contributed by atoms with Gasteiger partial charge < -0.3 is 24.2 Å². The number of hydrogen-bond acceptors (Lipinski definition) is 6. The van der Waals surface area contributed by atoms with Gasteiger partial charge in [-0.25, -0.2) is 4.39 Å². The molecule has 1 N–H and O–H groups in total. The Morgan fingerprint density at radius 1 is 1.04 bits per heavy atom. The van der Waals surface area contributed by atoms with E-state index in [2.05, 4.69) is 4.90 Å². The molecule has 4 rings (SSSR count). The predicted octanol–water partition coefficient (Wildman–Crippen LogP) is 2.12. The molecule has 0 unspecified atom stereocenters. The molecule has 0 saturated carbocycles. The molecule has 2 aromatic carbocycles. The number of hydrogen-bond donors (Lipinski definition) is 1. The summed E-state index contributed by atoms with van der Waals surface area (Å²) in [4.78, 5) is 4.21. The Hall–Kier alpha value is -2.51. The summed E-state index contributed by atoms with van der Waals surface area (Å²) in [5, 5.41) is 10.3. The largest absolute Gasteiger partial charge is 0.491 e. The average Bonchev–Trinajstić information content (AvgIpc) is 3.15. The van der Waals surface area contributed by atoms with Crippen molar-refractivity contribution in [1.82, 2.24) is 4.90 Å². The highest BCUT2D eigenvalue weighted by Crippen LogP contribution is 2.35. The zero-order valence-electron chi connectivity index (χ0n) is 15.0. The zero-order chi connectivity index (χ0) is 18.6. The number of β-amino-alcohol motifs (C(OH)–C–C–N with tert-alkyl or cyclic N) is 1. The number of nitrogens with zero attached hydrogens (tertiary/aromatic N) is 2. The molecule has 7 heteroatoms. The Labute approximate surface area is 157 Å². The van der Waals surface area contributed by atoms with Crippen molar-refractivity contribution in [3.8, 4) is 17.2 Å². The number of aliphatic hydroxyl groups is 1. The molecule has 144 valence electrons. The Kier molecular flexibility index (Phi) is 5.31. The quantitative estimate of drug-likeness (QED) is 0.836. The Bertz CT molecular complexity index is 780. The lowest BCUT2D eigenvalue weighted by atomic mass is 10.2. The van der Waals surface area contributed by atoms with Gasteiger partial charge in [0.2, 0.25) is 6.79 Å². The monoisotopic (exact) mass is 374 g/mol. The second-order valence-corrected chi connectivity index (χ2v) is 6.72. The van der Waals surface area contributed by atoms with Crippen LogP contribution < -0.4 is 19.1 Å². The average molecular weight is 374 g/mol. The van der Waals surface area contributed by atoms with Gasteiger partial charge >= 0.3 is 0 Å². The van der Waals surface area contributed by atoms with Gasteiger partial charge in [-0.3, -0.25) is 4.90 Å². The SMILES string of the molecule is O[C@H](COc1ccc2c(c1)OCO2)CN1CCN(c2ccccc2F)CC1. The van der Waals surface area contributed by atoms with E-state index in [-0.39, 0.29) is 19.2 Å². The van der Waals surface area contributed by atoms with Crippen molar-refractivity contribution in [2.24, 2.45) is 0 Å². The van der Waals surface area contributed by atoms with E-state index in [4.69, 9.17) is 14.2 Å². The van der Waals surface area contributed by atoms with Gasteiger partial charge in [-0.05, 0) is 24.3 Å². The van der Waals surface area contributed by atoms with Crippen LogP contribution in [0.2, 0.25) is 0 Å². The predicted molar refractivity (Wildman–Crippen MR) is 99.1 cm³/mol. The standard InChI is InChI=1S/C20H23FN2O4/c21-17-3-1-2-4-18(17)23-9-7-22(8-10-23)12-15(24)13-25-16-5-6-19-20(11-16)27-14-26-19/h1-6,11,15,24H,7-10,12-14H2/t15-/m0/s1. The van der Waals surface area contributed by atoms with Crippen LogP contribution in [0.4, 0.5) is 10.1 Å². The second kappa shape index (κ2) is 8.02. The fourth-order valence-corrected chi connectivity index (χ4v) is 3.39. The van der Waals surface area contributed by atoms with E-state index in [1.807, 2.05) is 11.0 Å². The lowest BCUT2D eigenvalue weighted by molar-refractivity contribution is 0.0662. The maximum Gasteiger partial charge on any atom is 0.231 e. The molecule has 1 saturated heterocycles. The van der Waals surface area contributed by atoms with Crippen molar-refractivity contribution in [3.05, 3.63) is 48.3 Å². The molecule has 1 atom stereocenters. The van der Waals surface area contributed by atoms with Crippen molar-refractivity contribution in [2.75, 3.05) is 51.0 Å². The van der Waals surface area contributed by atoms with Crippen LogP contribution in [0.25, 0.3) is 0 Å². The molecule has 2 aliphatic rings. The third-order valence-electron chi connectivity index (χ3n) is 4.82. The number of halogens is 1. The number of anilines is 1. The minimum absolute atomic E-state index is 0.192. The van der Waals surface area contributed by atoms with Gasteiger partial charge in [0.1, 0.15) is 24.3 Å². The minimum atomic E-state index is -0.601. The van der Waals surface area contributed by atoms with Crippen LogP contribution in [0.3, 0.4) is 0 Å². The highest BCUT2D eigenvalue weighted by molar-refractivity contribution is 5.48. The molecule has 2 aromatic rings. The number of rotatable bonds is 6. The number of aliphatic hydroxyl groups excluding tert-OH is 1. The van der Waals surface area contributed by atoms with Gasteiger partial charge in [-0.1, -0.05) is 12.1 Å². The third-order valence-corrected chi connectivity index (χ3v) is 4.82. The van der Waals surface area contributed by atoms with Crippen LogP contribution in [0.1, 0.15) is 0 Å². The lowest BCUT2D eigenvalue weighted by Gasteiger charge is -2.36. The van der Waals surface area contributed by atoms with E-state index < -0.39 is 6.10 Å². The van der Waals surface area contributed by atoms with Crippen molar-refractivity contribution in [2.45, 2.75) is 6.10 Å². The fraction of sp³-hybridized carbons (Fsp3) is 0.400. The number of benzene rings is 2. The Morgan fingerprint density at radius 3 is 2.63 bits per heavy atom. The molecule has 6 nitrogen and oxygen atoms in total. The van der Waals surface area contributed by atoms with Crippen LogP contribution in [0.5, 0.6) is 17.2 Å². The molecule has 0 aromatic heterocycles. The zero-order valence-corrected chi connectivity index (χ0v) is 15.0. The summed E-state index contributed by atoms with van der Waals surface area (Å²) in [7, 11) is 0. The first kappa shape index (κ1) is 17.9. The summed E-state index contributed by atoms with van der Waals surface area (Å²) in [5.41, 5.74) is 0.642. The second-order valence-electron chi connectivity index (χ2n) is 6.72. The topological polar surface area (TPSA) is 54.4 Å². The normalized spacial score (nSPS) is 17.8. The highest BCUT2D eigenvalue weighted by atomic mass is 19.1. The van der Waals surface area contributed by atoms with Crippen molar-refractivity contribution < 1.29 is 23.7 Å². The molecule has 0 bridgehead atoms. The van der Waals surface area contributed by atoms with Gasteiger partial charge in [-0.2, -0.15) is 0 Å². The van der Waals surface area contributed by atoms with Gasteiger partial charge in [0.05, 0.1) is 5.69 Å². The summed E-state index contributed by atoms with van der Waals surface area (Å²) in [5.74, 6) is 1.81. The van der Waals surface area contributed by atoms with Crippen LogP contribution in [0, 0.1) is 5.82 Å². The third kappa shape index (κ3) is 4.26. The first-order valence-corrected chi connectivity index (χ1v) is 9.11. The van der Waals surface area contributed by atoms with Gasteiger partial charge in [-0.15, -0.1) is 0 Å². The highest BCUT2D eigenvalue weighted by Gasteiger charge is 2.21. The number of fused-ring (bicyclic) bond motifs is 1. The van der Waals surface area contributed by atoms with Gasteiger partial charge in [0, 0.05) is 38.8 Å². The molecule has 2 aliphatic heterocycles. The molecule has 0 spiro atoms. The molecule has 0 amide bonds. The molecule has 27 heavy (non-hydrogen) atoms. The molecule has 0 radical (unpaired) electrons. The molecule has 0 aliphatic carbocycles. The summed E-state index contributed by atoms with van der Waals surface area (Å²) in [6.45, 7) is 3.96. The van der Waals surface area contributed by atoms with Crippen molar-refractivity contribution >= 4 is 5.69 Å². The first-order chi connectivity index (χ1) is 13.2. The lowest BCUT2D eigenvalue weighted by Crippen LogP contribution is -2.49. The molecule has 2 heterocycles. The van der Waals surface area contributed by atoms with Crippen LogP contribution in [0.15, 0.2) is 42.5 Å². The molecule has 1 fully saturated rings. The van der Waals surface area contributed by atoms with E-state index in [1.54, 1.807) is 30.3 Å². The van der Waals surface area contributed by atoms with E-state index in [0.29, 0.717) is 29.5 Å². The van der Waals surface area contributed by atoms with E-state index in [1.165, 1.54) is 6.07 Å². The fourth-order valence-electron chi connectivity index (χ4n) is 3.39. The van der Waals surface area contributed by atoms with Crippen molar-refractivity contribution in [1.29, 1.82) is 0 Å². The van der Waals surface area contributed by atoms with Gasteiger partial charge in [0.25, 0.3) is 0 Å². The van der Waals surface area contributed by atoms with Crippen molar-refractivity contribution in [3.63, 3.8) is 0 Å². The molecular formula is C20H23FN2O4. The molecular weight excluding hydrogens is 351 g/mol. The maximum atomic E-state index is 13.9. The Balaban J connectivity index is 1.22. The van der Waals surface area contributed by atoms with Crippen LogP contribution >= 0.6 is 0 Å². The smallest absolute Gasteiger partial charge is 0.231 e. The first-order valence-electron chi connectivity index (χ1n) is 9.11.